The van der Waals surface area contributed by atoms with Crippen molar-refractivity contribution in [1.82, 2.24) is 10.2 Å². The second-order valence-electron chi connectivity index (χ2n) is 3.99. The van der Waals surface area contributed by atoms with E-state index >= 15 is 0 Å². The first-order chi connectivity index (χ1) is 9.79. The minimum atomic E-state index is -3.95. The molecule has 2 aromatic rings. The summed E-state index contributed by atoms with van der Waals surface area (Å²) in [6.45, 7) is -1.67. The third-order valence-electron chi connectivity index (χ3n) is 2.47. The summed E-state index contributed by atoms with van der Waals surface area (Å²) >= 11 is 0. The predicted molar refractivity (Wildman–Crippen MR) is 67.2 cm³/mol. The maximum Gasteiger partial charge on any atom is 0.387 e. The van der Waals surface area contributed by atoms with Crippen LogP contribution in [-0.2, 0) is 10.0 Å². The van der Waals surface area contributed by atoms with Crippen LogP contribution in [0.15, 0.2) is 29.3 Å². The topological polar surface area (TPSA) is 84.1 Å². The molecule has 0 aliphatic carbocycles. The zero-order chi connectivity index (χ0) is 15.6. The largest absolute Gasteiger partial charge is 0.432 e. The minimum absolute atomic E-state index is 0.101. The average molecular weight is 321 g/mol. The van der Waals surface area contributed by atoms with Crippen LogP contribution in [0.25, 0.3) is 0 Å². The molecule has 1 aromatic heterocycles. The lowest BCUT2D eigenvalue weighted by atomic mass is 10.3. The predicted octanol–water partition coefficient (Wildman–Crippen LogP) is 2.26. The molecule has 1 aromatic carbocycles. The van der Waals surface area contributed by atoms with Gasteiger partial charge in [-0.3, -0.25) is 9.82 Å². The van der Waals surface area contributed by atoms with Crippen molar-refractivity contribution in [3.8, 4) is 5.75 Å². The Morgan fingerprint density at radius 3 is 2.62 bits per heavy atom. The summed E-state index contributed by atoms with van der Waals surface area (Å²) in [4.78, 5) is -0.101. The highest BCUT2D eigenvalue weighted by atomic mass is 32.2. The Kier molecular flexibility index (Phi) is 4.07. The number of sulfonamides is 1. The molecule has 114 valence electrons. The van der Waals surface area contributed by atoms with E-state index in [9.17, 15) is 21.6 Å². The smallest absolute Gasteiger partial charge is 0.387 e. The van der Waals surface area contributed by atoms with Crippen molar-refractivity contribution in [2.45, 2.75) is 18.4 Å². The summed E-state index contributed by atoms with van der Waals surface area (Å²) in [6.07, 6.45) is 1.10. The number of ether oxygens (including phenoxy) is 1. The number of H-pyrrole nitrogens is 1. The van der Waals surface area contributed by atoms with Gasteiger partial charge in [-0.15, -0.1) is 0 Å². The van der Waals surface area contributed by atoms with Crippen molar-refractivity contribution in [2.75, 3.05) is 4.72 Å². The van der Waals surface area contributed by atoms with E-state index in [2.05, 4.69) is 19.7 Å². The van der Waals surface area contributed by atoms with Gasteiger partial charge in [-0.2, -0.15) is 13.9 Å². The number of nitrogens with zero attached hydrogens (tertiary/aromatic N) is 1. The summed E-state index contributed by atoms with van der Waals surface area (Å²) in [7, 11) is -3.95. The van der Waals surface area contributed by atoms with Crippen LogP contribution in [-0.4, -0.2) is 25.2 Å². The zero-order valence-corrected chi connectivity index (χ0v) is 11.4. The maximum atomic E-state index is 13.5. The summed E-state index contributed by atoms with van der Waals surface area (Å²) in [5.74, 6) is -1.79. The molecule has 0 spiro atoms. The molecule has 10 heteroatoms. The van der Waals surface area contributed by atoms with Gasteiger partial charge in [0, 0.05) is 6.07 Å². The Labute approximate surface area is 118 Å². The van der Waals surface area contributed by atoms with Gasteiger partial charge in [0.2, 0.25) is 0 Å². The van der Waals surface area contributed by atoms with Crippen LogP contribution in [0.4, 0.5) is 18.9 Å². The Morgan fingerprint density at radius 1 is 1.38 bits per heavy atom. The quantitative estimate of drug-likeness (QED) is 0.885. The zero-order valence-electron chi connectivity index (χ0n) is 10.6. The fourth-order valence-electron chi connectivity index (χ4n) is 1.58. The van der Waals surface area contributed by atoms with Gasteiger partial charge in [0.05, 0.1) is 17.6 Å². The lowest BCUT2D eigenvalue weighted by Gasteiger charge is -2.09. The van der Waals surface area contributed by atoms with Gasteiger partial charge in [-0.1, -0.05) is 0 Å². The molecule has 0 bridgehead atoms. The molecule has 0 amide bonds. The molecule has 2 rings (SSSR count). The van der Waals surface area contributed by atoms with Crippen LogP contribution >= 0.6 is 0 Å². The summed E-state index contributed by atoms with van der Waals surface area (Å²) in [5, 5.41) is 6.03. The van der Waals surface area contributed by atoms with Gasteiger partial charge in [-0.25, -0.2) is 12.8 Å². The summed E-state index contributed by atoms with van der Waals surface area (Å²) < 4.78 is 67.5. The van der Waals surface area contributed by atoms with Crippen LogP contribution in [0, 0.1) is 12.7 Å². The van der Waals surface area contributed by atoms with E-state index in [-0.39, 0.29) is 10.6 Å². The highest BCUT2D eigenvalue weighted by Gasteiger charge is 2.19. The van der Waals surface area contributed by atoms with Crippen molar-refractivity contribution in [2.24, 2.45) is 0 Å². The minimum Gasteiger partial charge on any atom is -0.432 e. The van der Waals surface area contributed by atoms with Crippen LogP contribution in [0.1, 0.15) is 5.69 Å². The number of nitrogens with one attached hydrogen (secondary N) is 2. The number of halogens is 3. The van der Waals surface area contributed by atoms with E-state index in [0.29, 0.717) is 5.69 Å². The molecule has 2 N–H and O–H groups in total. The maximum absolute atomic E-state index is 13.5. The van der Waals surface area contributed by atoms with Gasteiger partial charge < -0.3 is 4.74 Å². The molecule has 0 fully saturated rings. The van der Waals surface area contributed by atoms with Crippen LogP contribution in [0.2, 0.25) is 0 Å². The molecule has 0 unspecified atom stereocenters. The Balaban J connectivity index is 2.24. The lowest BCUT2D eigenvalue weighted by molar-refractivity contribution is -0.0521. The molecule has 0 saturated carbocycles. The molecular weight excluding hydrogens is 311 g/mol. The Hall–Kier alpha value is -2.23. The molecule has 0 aliphatic heterocycles. The number of anilines is 1. The average Bonchev–Trinajstić information content (AvgIpc) is 2.79. The van der Waals surface area contributed by atoms with Crippen LogP contribution < -0.4 is 9.46 Å². The van der Waals surface area contributed by atoms with Gasteiger partial charge in [0.1, 0.15) is 4.90 Å². The van der Waals surface area contributed by atoms with Crippen molar-refractivity contribution in [1.29, 1.82) is 0 Å². The van der Waals surface area contributed by atoms with Crippen LogP contribution in [0.5, 0.6) is 5.75 Å². The number of aromatic amines is 1. The fraction of sp³-hybridized carbons (Fsp3) is 0.182. The SMILES string of the molecule is Cc1[nH]ncc1S(=O)(=O)Nc1ccc(OC(F)F)c(F)c1. The van der Waals surface area contributed by atoms with Crippen molar-refractivity contribution in [3.05, 3.63) is 35.9 Å². The molecule has 0 atom stereocenters. The van der Waals surface area contributed by atoms with E-state index < -0.39 is 28.2 Å². The van der Waals surface area contributed by atoms with E-state index in [4.69, 9.17) is 0 Å². The Bertz CT molecular complexity index is 746. The number of hydrogen-bond donors (Lipinski definition) is 2. The third-order valence-corrected chi connectivity index (χ3v) is 3.97. The van der Waals surface area contributed by atoms with Crippen LogP contribution in [0.3, 0.4) is 0 Å². The number of alkyl halides is 2. The highest BCUT2D eigenvalue weighted by Crippen LogP contribution is 2.24. The van der Waals surface area contributed by atoms with Crippen molar-refractivity contribution >= 4 is 15.7 Å². The third kappa shape index (κ3) is 3.45. The summed E-state index contributed by atoms with van der Waals surface area (Å²) in [5.41, 5.74) is 0.176. The number of hydrogen-bond acceptors (Lipinski definition) is 4. The first-order valence-corrected chi connectivity index (χ1v) is 7.05. The van der Waals surface area contributed by atoms with Gasteiger partial charge >= 0.3 is 6.61 Å². The first kappa shape index (κ1) is 15.2. The van der Waals surface area contributed by atoms with E-state index in [1.165, 1.54) is 6.92 Å². The van der Waals surface area contributed by atoms with Gasteiger partial charge in [-0.05, 0) is 19.1 Å². The molecule has 21 heavy (non-hydrogen) atoms. The molecule has 0 aliphatic rings. The number of rotatable bonds is 5. The fourth-order valence-corrected chi connectivity index (χ4v) is 2.76. The monoisotopic (exact) mass is 321 g/mol. The van der Waals surface area contributed by atoms with E-state index in [0.717, 1.165) is 24.4 Å². The van der Waals surface area contributed by atoms with Gasteiger partial charge in [0.15, 0.2) is 11.6 Å². The molecule has 6 nitrogen and oxygen atoms in total. The molecule has 1 heterocycles. The second-order valence-corrected chi connectivity index (χ2v) is 5.64. The summed E-state index contributed by atoms with van der Waals surface area (Å²) in [6, 6.07) is 2.75. The van der Waals surface area contributed by atoms with E-state index in [1.54, 1.807) is 0 Å². The van der Waals surface area contributed by atoms with Gasteiger partial charge in [0.25, 0.3) is 10.0 Å². The van der Waals surface area contributed by atoms with Crippen molar-refractivity contribution < 1.29 is 26.3 Å². The van der Waals surface area contributed by atoms with E-state index in [1.807, 2.05) is 0 Å². The number of benzene rings is 1. The number of aryl methyl sites for hydroxylation is 1. The lowest BCUT2D eigenvalue weighted by Crippen LogP contribution is -2.13. The first-order valence-electron chi connectivity index (χ1n) is 5.57. The molecule has 0 saturated heterocycles. The number of aromatic nitrogens is 2. The van der Waals surface area contributed by atoms with Crippen molar-refractivity contribution in [3.63, 3.8) is 0 Å². The highest BCUT2D eigenvalue weighted by molar-refractivity contribution is 7.92. The Morgan fingerprint density at radius 2 is 2.10 bits per heavy atom. The molecule has 0 radical (unpaired) electrons. The molecular formula is C11H10F3N3O3S. The second kappa shape index (κ2) is 5.64. The normalized spacial score (nSPS) is 11.7. The standard InChI is InChI=1S/C11H10F3N3O3S/c1-6-10(5-15-16-6)21(18,19)17-7-2-3-9(8(12)4-7)20-11(13)14/h2-5,11,17H,1H3,(H,15,16).